The molecule has 1 N–H and O–H groups in total. The van der Waals surface area contributed by atoms with Gasteiger partial charge in [-0.25, -0.2) is 4.39 Å². The van der Waals surface area contributed by atoms with Gasteiger partial charge in [-0.1, -0.05) is 13.8 Å². The molecule has 0 saturated heterocycles. The van der Waals surface area contributed by atoms with Gasteiger partial charge in [-0.2, -0.15) is 4.98 Å². The zero-order valence-corrected chi connectivity index (χ0v) is 12.9. The van der Waals surface area contributed by atoms with E-state index in [9.17, 15) is 4.39 Å². The maximum Gasteiger partial charge on any atom is 0.399 e. The fourth-order valence-corrected chi connectivity index (χ4v) is 1.90. The standard InChI is InChI=1S/C14H16BrFN2O2/c1-9(2)6-17-7-10-8-19-14(18-10)20-11-3-4-13(16)12(15)5-11/h3-5,8-9,17H,6-7H2,1-2H3. The minimum absolute atomic E-state index is 0.143. The normalized spacial score (nSPS) is 11.1. The molecule has 1 aromatic heterocycles. The molecule has 0 aliphatic rings. The summed E-state index contributed by atoms with van der Waals surface area (Å²) in [5, 5.41) is 3.26. The van der Waals surface area contributed by atoms with E-state index in [0.29, 0.717) is 22.7 Å². The molecule has 20 heavy (non-hydrogen) atoms. The number of hydrogen-bond acceptors (Lipinski definition) is 4. The highest BCUT2D eigenvalue weighted by Crippen LogP contribution is 2.25. The minimum Gasteiger partial charge on any atom is -0.417 e. The van der Waals surface area contributed by atoms with Crippen LogP contribution in [-0.2, 0) is 6.54 Å². The Hall–Kier alpha value is -1.40. The number of oxazole rings is 1. The van der Waals surface area contributed by atoms with E-state index in [-0.39, 0.29) is 11.9 Å². The maximum atomic E-state index is 13.1. The Kier molecular flexibility index (Phi) is 5.14. The van der Waals surface area contributed by atoms with Gasteiger partial charge in [0.05, 0.1) is 10.2 Å². The SMILES string of the molecule is CC(C)CNCc1coc(Oc2ccc(F)c(Br)c2)n1. The number of hydrogen-bond donors (Lipinski definition) is 1. The van der Waals surface area contributed by atoms with E-state index < -0.39 is 0 Å². The highest BCUT2D eigenvalue weighted by atomic mass is 79.9. The van der Waals surface area contributed by atoms with Crippen LogP contribution in [0.15, 0.2) is 33.4 Å². The van der Waals surface area contributed by atoms with Crippen LogP contribution in [-0.4, -0.2) is 11.5 Å². The van der Waals surface area contributed by atoms with Crippen LogP contribution in [0.1, 0.15) is 19.5 Å². The van der Waals surface area contributed by atoms with E-state index in [4.69, 9.17) is 9.15 Å². The summed E-state index contributed by atoms with van der Waals surface area (Å²) >= 11 is 3.10. The third-order valence-corrected chi connectivity index (χ3v) is 3.09. The molecule has 0 amide bonds. The van der Waals surface area contributed by atoms with Crippen molar-refractivity contribution in [2.24, 2.45) is 5.92 Å². The lowest BCUT2D eigenvalue weighted by atomic mass is 10.2. The number of halogens is 2. The largest absolute Gasteiger partial charge is 0.417 e. The van der Waals surface area contributed by atoms with Crippen LogP contribution in [0, 0.1) is 11.7 Å². The van der Waals surface area contributed by atoms with E-state index in [0.717, 1.165) is 12.2 Å². The molecule has 0 aliphatic heterocycles. The molecule has 1 heterocycles. The zero-order valence-electron chi connectivity index (χ0n) is 11.3. The van der Waals surface area contributed by atoms with Crippen molar-refractivity contribution in [2.45, 2.75) is 20.4 Å². The topological polar surface area (TPSA) is 47.3 Å². The molecule has 0 aliphatic carbocycles. The van der Waals surface area contributed by atoms with Gasteiger partial charge in [0.25, 0.3) is 0 Å². The monoisotopic (exact) mass is 342 g/mol. The fraction of sp³-hybridized carbons (Fsp3) is 0.357. The van der Waals surface area contributed by atoms with Crippen molar-refractivity contribution in [1.29, 1.82) is 0 Å². The molecule has 0 atom stereocenters. The van der Waals surface area contributed by atoms with Gasteiger partial charge in [-0.3, -0.25) is 0 Å². The lowest BCUT2D eigenvalue weighted by molar-refractivity contribution is 0.330. The van der Waals surface area contributed by atoms with Gasteiger partial charge < -0.3 is 14.5 Å². The van der Waals surface area contributed by atoms with Gasteiger partial charge in [0.2, 0.25) is 0 Å². The highest BCUT2D eigenvalue weighted by molar-refractivity contribution is 9.10. The molecule has 0 saturated carbocycles. The van der Waals surface area contributed by atoms with Crippen molar-refractivity contribution in [1.82, 2.24) is 10.3 Å². The van der Waals surface area contributed by atoms with E-state index in [1.54, 1.807) is 6.26 Å². The quantitative estimate of drug-likeness (QED) is 0.857. The zero-order chi connectivity index (χ0) is 14.5. The lowest BCUT2D eigenvalue weighted by Crippen LogP contribution is -2.19. The first-order valence-electron chi connectivity index (χ1n) is 6.32. The van der Waals surface area contributed by atoms with Crippen molar-refractivity contribution in [3.05, 3.63) is 40.4 Å². The summed E-state index contributed by atoms with van der Waals surface area (Å²) in [6, 6.07) is 4.35. The van der Waals surface area contributed by atoms with Crippen molar-refractivity contribution in [2.75, 3.05) is 6.54 Å². The van der Waals surface area contributed by atoms with Crippen molar-refractivity contribution in [3.63, 3.8) is 0 Å². The molecule has 0 fully saturated rings. The fourth-order valence-electron chi connectivity index (χ4n) is 1.55. The number of ether oxygens (including phenoxy) is 1. The van der Waals surface area contributed by atoms with Crippen molar-refractivity contribution in [3.8, 4) is 11.8 Å². The molecule has 0 bridgehead atoms. The molecule has 2 aromatic rings. The van der Waals surface area contributed by atoms with E-state index in [1.807, 2.05) is 0 Å². The number of nitrogens with zero attached hydrogens (tertiary/aromatic N) is 1. The molecule has 108 valence electrons. The molecular formula is C14H16BrFN2O2. The molecular weight excluding hydrogens is 327 g/mol. The molecule has 4 nitrogen and oxygen atoms in total. The number of benzene rings is 1. The van der Waals surface area contributed by atoms with Crippen LogP contribution in [0.3, 0.4) is 0 Å². The Morgan fingerprint density at radius 3 is 2.95 bits per heavy atom. The molecule has 0 unspecified atom stereocenters. The van der Waals surface area contributed by atoms with Gasteiger partial charge in [0.15, 0.2) is 0 Å². The van der Waals surface area contributed by atoms with Crippen LogP contribution in [0.25, 0.3) is 0 Å². The van der Waals surface area contributed by atoms with Gasteiger partial charge in [-0.05, 0) is 46.6 Å². The van der Waals surface area contributed by atoms with E-state index >= 15 is 0 Å². The summed E-state index contributed by atoms with van der Waals surface area (Å²) < 4.78 is 24.1. The first-order valence-corrected chi connectivity index (χ1v) is 7.12. The predicted molar refractivity (Wildman–Crippen MR) is 77.2 cm³/mol. The highest BCUT2D eigenvalue weighted by Gasteiger charge is 2.08. The maximum absolute atomic E-state index is 13.1. The second-order valence-electron chi connectivity index (χ2n) is 4.81. The van der Waals surface area contributed by atoms with Gasteiger partial charge >= 0.3 is 6.08 Å². The Morgan fingerprint density at radius 2 is 2.25 bits per heavy atom. The van der Waals surface area contributed by atoms with Crippen LogP contribution in [0.4, 0.5) is 4.39 Å². The average molecular weight is 343 g/mol. The van der Waals surface area contributed by atoms with Crippen LogP contribution in [0.5, 0.6) is 11.8 Å². The number of rotatable bonds is 6. The summed E-state index contributed by atoms with van der Waals surface area (Å²) in [5.41, 5.74) is 0.766. The third-order valence-electron chi connectivity index (χ3n) is 2.49. The van der Waals surface area contributed by atoms with Crippen LogP contribution < -0.4 is 10.1 Å². The molecule has 1 aromatic carbocycles. The van der Waals surface area contributed by atoms with Gasteiger partial charge in [0, 0.05) is 6.54 Å². The summed E-state index contributed by atoms with van der Waals surface area (Å²) in [6.45, 7) is 5.81. The molecule has 0 radical (unpaired) electrons. The smallest absolute Gasteiger partial charge is 0.399 e. The van der Waals surface area contributed by atoms with Crippen LogP contribution in [0.2, 0.25) is 0 Å². The number of aromatic nitrogens is 1. The Labute approximate surface area is 125 Å². The minimum atomic E-state index is -0.344. The Bertz CT molecular complexity index is 572. The Balaban J connectivity index is 1.93. The van der Waals surface area contributed by atoms with Crippen molar-refractivity contribution < 1.29 is 13.5 Å². The second kappa shape index (κ2) is 6.85. The summed E-state index contributed by atoms with van der Waals surface area (Å²) in [4.78, 5) is 4.19. The lowest BCUT2D eigenvalue weighted by Gasteiger charge is -2.04. The van der Waals surface area contributed by atoms with E-state index in [2.05, 4.69) is 40.1 Å². The van der Waals surface area contributed by atoms with E-state index in [1.165, 1.54) is 18.2 Å². The summed E-state index contributed by atoms with van der Waals surface area (Å²) in [7, 11) is 0. The Morgan fingerprint density at radius 1 is 1.45 bits per heavy atom. The first-order chi connectivity index (χ1) is 9.54. The third kappa shape index (κ3) is 4.31. The predicted octanol–water partition coefficient (Wildman–Crippen LogP) is 4.11. The van der Waals surface area contributed by atoms with Gasteiger partial charge in [-0.15, -0.1) is 0 Å². The number of nitrogens with one attached hydrogen (secondary N) is 1. The molecule has 6 heteroatoms. The molecule has 2 rings (SSSR count). The van der Waals surface area contributed by atoms with Crippen LogP contribution >= 0.6 is 15.9 Å². The van der Waals surface area contributed by atoms with Gasteiger partial charge in [0.1, 0.15) is 17.8 Å². The average Bonchev–Trinajstić information content (AvgIpc) is 2.81. The molecule has 0 spiro atoms. The summed E-state index contributed by atoms with van der Waals surface area (Å²) in [6.07, 6.45) is 1.69. The van der Waals surface area contributed by atoms with Crippen molar-refractivity contribution >= 4 is 15.9 Å². The second-order valence-corrected chi connectivity index (χ2v) is 5.66. The summed E-state index contributed by atoms with van der Waals surface area (Å²) in [5.74, 6) is 0.694. The first kappa shape index (κ1) is 15.0.